The lowest BCUT2D eigenvalue weighted by Gasteiger charge is -2.34. The Morgan fingerprint density at radius 2 is 0.906 bits per heavy atom. The van der Waals surface area contributed by atoms with Crippen LogP contribution >= 0.6 is 11.3 Å². The summed E-state index contributed by atoms with van der Waals surface area (Å²) >= 11 is 1.86. The van der Waals surface area contributed by atoms with Crippen LogP contribution in [0.1, 0.15) is 22.3 Å². The first kappa shape index (κ1) is 36.7. The fraction of sp³-hybridized carbons (Fsp3) is 0.0164. The largest absolute Gasteiger partial charge is 0.310 e. The summed E-state index contributed by atoms with van der Waals surface area (Å²) in [5.41, 5.74) is 16.3. The van der Waals surface area contributed by atoms with Crippen molar-refractivity contribution in [3.63, 3.8) is 0 Å². The SMILES string of the molecule is c1ccc(C2(c3ccccc3)c3ccccc3-c3c(N(c4ccc(-c5ccc6sc7ccccc7c6c5)cc4)c4ccc(-n5c6ccccc6c6ccccc65)cc4)cccc32)cc1. The molecule has 2 heterocycles. The van der Waals surface area contributed by atoms with Crippen molar-refractivity contribution in [2.45, 2.75) is 5.41 Å². The number of aromatic nitrogens is 1. The minimum absolute atomic E-state index is 0.509. The van der Waals surface area contributed by atoms with Gasteiger partial charge in [-0.25, -0.2) is 0 Å². The van der Waals surface area contributed by atoms with E-state index in [1.54, 1.807) is 0 Å². The first-order valence-corrected chi connectivity index (χ1v) is 22.8. The molecule has 0 spiro atoms. The van der Waals surface area contributed by atoms with E-state index in [2.05, 4.69) is 252 Å². The average Bonchev–Trinajstić information content (AvgIpc) is 4.02. The predicted octanol–water partition coefficient (Wildman–Crippen LogP) is 16.7. The number of hydrogen-bond donors (Lipinski definition) is 0. The van der Waals surface area contributed by atoms with Crippen LogP contribution in [-0.2, 0) is 5.41 Å². The average molecular weight is 833 g/mol. The minimum atomic E-state index is -0.509. The second-order valence-electron chi connectivity index (χ2n) is 16.8. The molecule has 10 aromatic carbocycles. The zero-order valence-electron chi connectivity index (χ0n) is 34.9. The lowest BCUT2D eigenvalue weighted by molar-refractivity contribution is 0.768. The quantitative estimate of drug-likeness (QED) is 0.155. The summed E-state index contributed by atoms with van der Waals surface area (Å²) in [5.74, 6) is 0. The van der Waals surface area contributed by atoms with Gasteiger partial charge in [-0.05, 0) is 112 Å². The fourth-order valence-corrected chi connectivity index (χ4v) is 11.8. The van der Waals surface area contributed by atoms with Gasteiger partial charge in [0.25, 0.3) is 0 Å². The molecular weight excluding hydrogens is 793 g/mol. The zero-order chi connectivity index (χ0) is 42.2. The Morgan fingerprint density at radius 1 is 0.375 bits per heavy atom. The van der Waals surface area contributed by atoms with Gasteiger partial charge in [0, 0.05) is 53.6 Å². The van der Waals surface area contributed by atoms with Crippen LogP contribution in [0.3, 0.4) is 0 Å². The van der Waals surface area contributed by atoms with E-state index in [1.807, 2.05) is 11.3 Å². The van der Waals surface area contributed by atoms with Crippen LogP contribution in [-0.4, -0.2) is 4.57 Å². The van der Waals surface area contributed by atoms with E-state index in [-0.39, 0.29) is 0 Å². The molecule has 0 N–H and O–H groups in total. The van der Waals surface area contributed by atoms with Crippen molar-refractivity contribution in [3.05, 3.63) is 265 Å². The third-order valence-electron chi connectivity index (χ3n) is 13.5. The maximum atomic E-state index is 2.47. The van der Waals surface area contributed by atoms with Gasteiger partial charge < -0.3 is 9.47 Å². The Labute approximate surface area is 376 Å². The Hall–Kier alpha value is -7.98. The van der Waals surface area contributed by atoms with Gasteiger partial charge in [-0.2, -0.15) is 0 Å². The van der Waals surface area contributed by atoms with Crippen molar-refractivity contribution in [1.82, 2.24) is 4.57 Å². The molecule has 0 unspecified atom stereocenters. The molecule has 2 nitrogen and oxygen atoms in total. The van der Waals surface area contributed by atoms with Gasteiger partial charge in [-0.3, -0.25) is 0 Å². The van der Waals surface area contributed by atoms with E-state index in [4.69, 9.17) is 0 Å². The van der Waals surface area contributed by atoms with Crippen LogP contribution in [0.25, 0.3) is 69.9 Å². The normalized spacial score (nSPS) is 12.8. The monoisotopic (exact) mass is 832 g/mol. The maximum Gasteiger partial charge on any atom is 0.0714 e. The van der Waals surface area contributed by atoms with Gasteiger partial charge in [-0.1, -0.05) is 170 Å². The Balaban J connectivity index is 1.02. The number of para-hydroxylation sites is 2. The molecule has 1 aliphatic carbocycles. The van der Waals surface area contributed by atoms with Crippen LogP contribution < -0.4 is 4.90 Å². The molecule has 0 saturated heterocycles. The zero-order valence-corrected chi connectivity index (χ0v) is 35.7. The molecule has 0 bridgehead atoms. The Bertz CT molecular complexity index is 3620. The van der Waals surface area contributed by atoms with E-state index >= 15 is 0 Å². The number of hydrogen-bond acceptors (Lipinski definition) is 2. The summed E-state index contributed by atoms with van der Waals surface area (Å²) < 4.78 is 5.04. The van der Waals surface area contributed by atoms with Crippen LogP contribution in [0.4, 0.5) is 17.1 Å². The molecule has 0 fully saturated rings. The van der Waals surface area contributed by atoms with Crippen LogP contribution in [0, 0.1) is 0 Å². The molecule has 12 aromatic rings. The molecule has 64 heavy (non-hydrogen) atoms. The van der Waals surface area contributed by atoms with E-state index in [9.17, 15) is 0 Å². The first-order valence-electron chi connectivity index (χ1n) is 22.0. The summed E-state index contributed by atoms with van der Waals surface area (Å²) in [6.07, 6.45) is 0. The van der Waals surface area contributed by atoms with Crippen molar-refractivity contribution >= 4 is 70.4 Å². The molecule has 0 saturated carbocycles. The fourth-order valence-electron chi connectivity index (χ4n) is 10.7. The second kappa shape index (κ2) is 14.6. The summed E-state index contributed by atoms with van der Waals surface area (Å²) in [6, 6.07) is 89.6. The van der Waals surface area contributed by atoms with E-state index in [0.29, 0.717) is 0 Å². The molecule has 0 aliphatic heterocycles. The van der Waals surface area contributed by atoms with Gasteiger partial charge in [0.05, 0.1) is 22.1 Å². The van der Waals surface area contributed by atoms with Gasteiger partial charge in [-0.15, -0.1) is 11.3 Å². The van der Waals surface area contributed by atoms with Crippen LogP contribution in [0.5, 0.6) is 0 Å². The molecule has 0 amide bonds. The molecule has 13 rings (SSSR count). The molecule has 2 aromatic heterocycles. The topological polar surface area (TPSA) is 8.17 Å². The predicted molar refractivity (Wildman–Crippen MR) is 271 cm³/mol. The number of rotatable bonds is 7. The lowest BCUT2D eigenvalue weighted by atomic mass is 9.68. The molecule has 300 valence electrons. The van der Waals surface area contributed by atoms with Gasteiger partial charge in [0.1, 0.15) is 0 Å². The lowest BCUT2D eigenvalue weighted by Crippen LogP contribution is -2.28. The van der Waals surface area contributed by atoms with E-state index in [0.717, 1.165) is 22.7 Å². The minimum Gasteiger partial charge on any atom is -0.310 e. The number of thiophene rings is 1. The van der Waals surface area contributed by atoms with Crippen LogP contribution in [0.15, 0.2) is 243 Å². The third kappa shape index (κ3) is 5.44. The van der Waals surface area contributed by atoms with E-state index in [1.165, 1.54) is 86.5 Å². The molecule has 3 heteroatoms. The van der Waals surface area contributed by atoms with Gasteiger partial charge in [0.15, 0.2) is 0 Å². The highest BCUT2D eigenvalue weighted by Crippen LogP contribution is 2.59. The number of nitrogens with zero attached hydrogens (tertiary/aromatic N) is 2. The molecule has 1 aliphatic rings. The Kier molecular flexibility index (Phi) is 8.34. The van der Waals surface area contributed by atoms with Crippen molar-refractivity contribution in [2.24, 2.45) is 0 Å². The smallest absolute Gasteiger partial charge is 0.0714 e. The highest BCUT2D eigenvalue weighted by molar-refractivity contribution is 7.25. The Morgan fingerprint density at radius 3 is 1.59 bits per heavy atom. The first-order chi connectivity index (χ1) is 31.8. The van der Waals surface area contributed by atoms with E-state index < -0.39 is 5.41 Å². The maximum absolute atomic E-state index is 2.47. The number of anilines is 3. The third-order valence-corrected chi connectivity index (χ3v) is 14.6. The van der Waals surface area contributed by atoms with Gasteiger partial charge in [0.2, 0.25) is 0 Å². The van der Waals surface area contributed by atoms with Crippen molar-refractivity contribution in [3.8, 4) is 27.9 Å². The standard InChI is InChI=1S/C61H40N2S/c1-3-16-43(17-4-1)61(44-18-5-2-6-19-44)53-24-11-7-23-51(53)60-54(61)25-15-28-57(60)62(45-33-30-41(31-34-45)42-32-39-59-52(40-42)50-22-10-14-29-58(50)64-59)46-35-37-47(38-36-46)63-55-26-12-8-20-48(55)49-21-9-13-27-56(49)63/h1-40H. The highest BCUT2D eigenvalue weighted by Gasteiger charge is 2.47. The highest BCUT2D eigenvalue weighted by atomic mass is 32.1. The van der Waals surface area contributed by atoms with Crippen LogP contribution in [0.2, 0.25) is 0 Å². The number of benzene rings is 10. The molecule has 0 radical (unpaired) electrons. The molecular formula is C61H40N2S. The summed E-state index contributed by atoms with van der Waals surface area (Å²) in [5, 5.41) is 5.14. The second-order valence-corrected chi connectivity index (χ2v) is 17.9. The van der Waals surface area contributed by atoms with Crippen molar-refractivity contribution < 1.29 is 0 Å². The summed E-state index contributed by atoms with van der Waals surface area (Å²) in [6.45, 7) is 0. The number of fused-ring (bicyclic) bond motifs is 9. The summed E-state index contributed by atoms with van der Waals surface area (Å²) in [7, 11) is 0. The van der Waals surface area contributed by atoms with Crippen molar-refractivity contribution in [2.75, 3.05) is 4.90 Å². The van der Waals surface area contributed by atoms with Gasteiger partial charge >= 0.3 is 0 Å². The summed E-state index contributed by atoms with van der Waals surface area (Å²) in [4.78, 5) is 2.47. The molecule has 0 atom stereocenters. The van der Waals surface area contributed by atoms with Crippen molar-refractivity contribution in [1.29, 1.82) is 0 Å².